The molecule has 1 rings (SSSR count). The molecule has 1 saturated heterocycles. The molecule has 1 aliphatic rings. The van der Waals surface area contributed by atoms with Gasteiger partial charge in [-0.2, -0.15) is 0 Å². The zero-order chi connectivity index (χ0) is 49.7. The molecule has 0 bridgehead atoms. The van der Waals surface area contributed by atoms with E-state index >= 15 is 0 Å². The second kappa shape index (κ2) is 47.1. The van der Waals surface area contributed by atoms with Gasteiger partial charge in [-0.15, -0.1) is 0 Å². The number of aliphatic hydroxyl groups excluding tert-OH is 7. The van der Waals surface area contributed by atoms with Gasteiger partial charge >= 0.3 is 0 Å². The van der Waals surface area contributed by atoms with Crippen molar-refractivity contribution < 1.29 is 50.0 Å². The monoisotopic (exact) mass is 972 g/mol. The van der Waals surface area contributed by atoms with E-state index in [1.54, 1.807) is 0 Å². The quantitative estimate of drug-likeness (QED) is 0.0272. The third-order valence-electron chi connectivity index (χ3n) is 14.7. The van der Waals surface area contributed by atoms with Crippen molar-refractivity contribution in [3.63, 3.8) is 0 Å². The van der Waals surface area contributed by atoms with Crippen molar-refractivity contribution in [2.24, 2.45) is 0 Å². The lowest BCUT2D eigenvalue weighted by atomic mass is 9.98. The Hall–Kier alpha value is -0.890. The van der Waals surface area contributed by atoms with Crippen LogP contribution in [0.4, 0.5) is 0 Å². The van der Waals surface area contributed by atoms with Crippen LogP contribution in [0.5, 0.6) is 0 Å². The lowest BCUT2D eigenvalue weighted by Gasteiger charge is -2.40. The minimum atomic E-state index is -1.66. The second-order valence-corrected chi connectivity index (χ2v) is 21.1. The Bertz CT molecular complexity index is 1070. The average molecular weight is 973 g/mol. The molecule has 0 spiro atoms. The first kappa shape index (κ1) is 65.1. The molecule has 0 saturated carbocycles. The van der Waals surface area contributed by atoms with Gasteiger partial charge in [-0.25, -0.2) is 0 Å². The zero-order valence-electron chi connectivity index (χ0n) is 44.4. The SMILES string of the molecule is CCCCCCCCCCCCCCCCCCCCCCCCCCCCCCCCCCC(O)C(O)C(COC1OC(CO)C(O)C(O)C1O)NC(=O)C(O)CCCCCCCCCCC. The number of carbonyl (C=O) groups is 1. The third kappa shape index (κ3) is 35.3. The molecule has 68 heavy (non-hydrogen) atoms. The topological polar surface area (TPSA) is 189 Å². The van der Waals surface area contributed by atoms with Gasteiger partial charge in [-0.05, 0) is 12.8 Å². The molecule has 0 radical (unpaired) electrons. The molecule has 0 aliphatic carbocycles. The van der Waals surface area contributed by atoms with E-state index in [2.05, 4.69) is 19.2 Å². The fourth-order valence-electron chi connectivity index (χ4n) is 9.86. The summed E-state index contributed by atoms with van der Waals surface area (Å²) in [4.78, 5) is 13.1. The molecule has 1 aliphatic heterocycles. The number of hydrogen-bond donors (Lipinski definition) is 8. The van der Waals surface area contributed by atoms with Crippen LogP contribution in [-0.2, 0) is 14.3 Å². The number of amides is 1. The molecule has 1 heterocycles. The fourth-order valence-corrected chi connectivity index (χ4v) is 9.86. The van der Waals surface area contributed by atoms with Crippen LogP contribution in [0.25, 0.3) is 0 Å². The van der Waals surface area contributed by atoms with Crippen LogP contribution in [0, 0.1) is 0 Å². The molecular weight excluding hydrogens is 859 g/mol. The number of nitrogens with one attached hydrogen (secondary N) is 1. The summed E-state index contributed by atoms with van der Waals surface area (Å²) in [5.74, 6) is -0.695. The molecule has 11 nitrogen and oxygen atoms in total. The Balaban J connectivity index is 2.14. The van der Waals surface area contributed by atoms with Crippen molar-refractivity contribution in [3.8, 4) is 0 Å². The van der Waals surface area contributed by atoms with Gasteiger partial charge in [-0.3, -0.25) is 4.79 Å². The van der Waals surface area contributed by atoms with Gasteiger partial charge < -0.3 is 50.5 Å². The van der Waals surface area contributed by atoms with Gasteiger partial charge in [-0.1, -0.05) is 277 Å². The van der Waals surface area contributed by atoms with Crippen LogP contribution in [0.1, 0.15) is 290 Å². The summed E-state index contributed by atoms with van der Waals surface area (Å²) in [6.07, 6.45) is 42.1. The minimum absolute atomic E-state index is 0.264. The maximum atomic E-state index is 13.1. The molecule has 0 aromatic carbocycles. The summed E-state index contributed by atoms with van der Waals surface area (Å²) in [6, 6.07) is -1.16. The van der Waals surface area contributed by atoms with Crippen molar-refractivity contribution in [1.82, 2.24) is 5.32 Å². The summed E-state index contributed by atoms with van der Waals surface area (Å²) < 4.78 is 11.1. The number of aliphatic hydroxyl groups is 7. The lowest BCUT2D eigenvalue weighted by Crippen LogP contribution is -2.60. The Morgan fingerprint density at radius 3 is 1.09 bits per heavy atom. The normalized spacial score (nSPS) is 20.4. The Labute approximate surface area is 418 Å². The Kier molecular flexibility index (Phi) is 45.1. The van der Waals surface area contributed by atoms with E-state index < -0.39 is 74.2 Å². The van der Waals surface area contributed by atoms with Gasteiger partial charge in [0.15, 0.2) is 6.29 Å². The molecule has 9 unspecified atom stereocenters. The van der Waals surface area contributed by atoms with Crippen molar-refractivity contribution >= 4 is 5.91 Å². The molecule has 9 atom stereocenters. The molecule has 406 valence electrons. The van der Waals surface area contributed by atoms with Crippen LogP contribution >= 0.6 is 0 Å². The van der Waals surface area contributed by atoms with E-state index in [1.807, 2.05) is 0 Å². The molecule has 0 aromatic rings. The van der Waals surface area contributed by atoms with Crippen LogP contribution < -0.4 is 5.32 Å². The van der Waals surface area contributed by atoms with Gasteiger partial charge in [0.1, 0.15) is 36.6 Å². The molecule has 1 fully saturated rings. The van der Waals surface area contributed by atoms with E-state index in [9.17, 15) is 40.5 Å². The smallest absolute Gasteiger partial charge is 0.249 e. The van der Waals surface area contributed by atoms with Gasteiger partial charge in [0.05, 0.1) is 25.4 Å². The molecule has 0 aromatic heterocycles. The molecular formula is C57H113NO10. The van der Waals surface area contributed by atoms with E-state index in [0.29, 0.717) is 19.3 Å². The number of carbonyl (C=O) groups excluding carboxylic acids is 1. The maximum Gasteiger partial charge on any atom is 0.249 e. The third-order valence-corrected chi connectivity index (χ3v) is 14.7. The van der Waals surface area contributed by atoms with Crippen LogP contribution in [0.15, 0.2) is 0 Å². The standard InChI is InChI=1S/C57H113NO10/c1-3-5-7-9-11-13-14-15-16-17-18-19-20-21-22-23-24-25-26-27-28-29-30-31-32-33-34-35-37-38-40-42-44-49(60)52(62)48(47-67-57-55(65)54(64)53(63)51(46-59)68-57)58-56(66)50(61)45-43-41-39-36-12-10-8-6-4-2/h48-55,57,59-65H,3-47H2,1-2H3,(H,58,66). The largest absolute Gasteiger partial charge is 0.394 e. The van der Waals surface area contributed by atoms with Gasteiger partial charge in [0.25, 0.3) is 0 Å². The molecule has 11 heteroatoms. The van der Waals surface area contributed by atoms with E-state index in [0.717, 1.165) is 38.5 Å². The summed E-state index contributed by atoms with van der Waals surface area (Å²) in [5.41, 5.74) is 0. The Morgan fingerprint density at radius 1 is 0.456 bits per heavy atom. The van der Waals surface area contributed by atoms with Crippen molar-refractivity contribution in [2.75, 3.05) is 13.2 Å². The number of ether oxygens (including phenoxy) is 2. The number of unbranched alkanes of at least 4 members (excludes halogenated alkanes) is 39. The van der Waals surface area contributed by atoms with Gasteiger partial charge in [0, 0.05) is 0 Å². The van der Waals surface area contributed by atoms with Crippen molar-refractivity contribution in [3.05, 3.63) is 0 Å². The highest BCUT2D eigenvalue weighted by molar-refractivity contribution is 5.80. The average Bonchev–Trinajstić information content (AvgIpc) is 3.34. The maximum absolute atomic E-state index is 13.1. The first-order chi connectivity index (χ1) is 33.2. The first-order valence-corrected chi connectivity index (χ1v) is 29.4. The summed E-state index contributed by atoms with van der Waals surface area (Å²) in [7, 11) is 0. The summed E-state index contributed by atoms with van der Waals surface area (Å²) in [6.45, 7) is 3.45. The van der Waals surface area contributed by atoms with Crippen LogP contribution in [0.2, 0.25) is 0 Å². The predicted molar refractivity (Wildman–Crippen MR) is 280 cm³/mol. The highest BCUT2D eigenvalue weighted by Gasteiger charge is 2.44. The minimum Gasteiger partial charge on any atom is -0.394 e. The van der Waals surface area contributed by atoms with E-state index in [-0.39, 0.29) is 6.42 Å². The van der Waals surface area contributed by atoms with Gasteiger partial charge in [0.2, 0.25) is 5.91 Å². The zero-order valence-corrected chi connectivity index (χ0v) is 44.4. The van der Waals surface area contributed by atoms with E-state index in [1.165, 1.54) is 212 Å². The van der Waals surface area contributed by atoms with Crippen LogP contribution in [-0.4, -0.2) is 110 Å². The molecule has 1 amide bonds. The first-order valence-electron chi connectivity index (χ1n) is 29.4. The van der Waals surface area contributed by atoms with Crippen molar-refractivity contribution in [1.29, 1.82) is 0 Å². The lowest BCUT2D eigenvalue weighted by molar-refractivity contribution is -0.303. The molecule has 8 N–H and O–H groups in total. The highest BCUT2D eigenvalue weighted by atomic mass is 16.7. The fraction of sp³-hybridized carbons (Fsp3) is 0.982. The summed E-state index contributed by atoms with van der Waals surface area (Å²) in [5, 5.41) is 75.8. The summed E-state index contributed by atoms with van der Waals surface area (Å²) >= 11 is 0. The van der Waals surface area contributed by atoms with Crippen LogP contribution in [0.3, 0.4) is 0 Å². The Morgan fingerprint density at radius 2 is 0.765 bits per heavy atom. The predicted octanol–water partition coefficient (Wildman–Crippen LogP) is 12.2. The number of hydrogen-bond acceptors (Lipinski definition) is 10. The highest BCUT2D eigenvalue weighted by Crippen LogP contribution is 2.24. The van der Waals surface area contributed by atoms with Crippen molar-refractivity contribution in [2.45, 2.75) is 345 Å². The second-order valence-electron chi connectivity index (χ2n) is 21.1. The number of rotatable bonds is 51. The van der Waals surface area contributed by atoms with E-state index in [4.69, 9.17) is 9.47 Å².